The molecule has 0 aliphatic heterocycles. The molecular formula is C27H19BrF3N5O3S. The summed E-state index contributed by atoms with van der Waals surface area (Å²) in [5.74, 6) is -1.02. The van der Waals surface area contributed by atoms with E-state index in [0.29, 0.717) is 22.6 Å². The molecule has 0 aliphatic rings. The molecular weight excluding hydrogens is 611 g/mol. The van der Waals surface area contributed by atoms with Gasteiger partial charge >= 0.3 is 6.18 Å². The number of aromatic nitrogens is 3. The third-order valence-electron chi connectivity index (χ3n) is 5.83. The van der Waals surface area contributed by atoms with Crippen LogP contribution in [0.5, 0.6) is 5.75 Å². The Hall–Kier alpha value is -4.23. The summed E-state index contributed by atoms with van der Waals surface area (Å²) >= 11 is 4.02. The number of primary amides is 1. The third kappa shape index (κ3) is 5.70. The largest absolute Gasteiger partial charge is 0.471 e. The molecule has 0 fully saturated rings. The monoisotopic (exact) mass is 629 g/mol. The van der Waals surface area contributed by atoms with Gasteiger partial charge in [0.15, 0.2) is 12.4 Å². The number of rotatable bonds is 7. The predicted molar refractivity (Wildman–Crippen MR) is 148 cm³/mol. The Labute approximate surface area is 237 Å². The number of alkyl halides is 3. The van der Waals surface area contributed by atoms with Crippen molar-refractivity contribution in [2.24, 2.45) is 5.73 Å². The molecule has 0 unspecified atom stereocenters. The van der Waals surface area contributed by atoms with E-state index in [2.05, 4.69) is 31.3 Å². The van der Waals surface area contributed by atoms with Crippen LogP contribution in [-0.4, -0.2) is 26.6 Å². The molecule has 2 aromatic carbocycles. The van der Waals surface area contributed by atoms with Gasteiger partial charge in [-0.2, -0.15) is 18.3 Å². The van der Waals surface area contributed by atoms with Gasteiger partial charge in [0.25, 0.3) is 11.8 Å². The number of nitrogens with zero attached hydrogens (tertiary/aromatic N) is 3. The van der Waals surface area contributed by atoms with Crippen LogP contribution < -0.4 is 15.8 Å². The summed E-state index contributed by atoms with van der Waals surface area (Å²) in [5.41, 5.74) is 5.89. The van der Waals surface area contributed by atoms with Gasteiger partial charge in [-0.25, -0.2) is 9.67 Å². The summed E-state index contributed by atoms with van der Waals surface area (Å²) in [7, 11) is 0. The van der Waals surface area contributed by atoms with Crippen LogP contribution in [0, 0.1) is 6.92 Å². The molecule has 204 valence electrons. The number of aryl methyl sites for hydroxylation is 1. The van der Waals surface area contributed by atoms with Crippen LogP contribution in [0.1, 0.15) is 31.4 Å². The number of nitrogens with one attached hydrogen (secondary N) is 1. The smallest absolute Gasteiger partial charge is 0.433 e. The van der Waals surface area contributed by atoms with Crippen molar-refractivity contribution in [2.75, 3.05) is 5.32 Å². The number of carbonyl (C=O) groups is 2. The summed E-state index contributed by atoms with van der Waals surface area (Å²) < 4.78 is 49.1. The van der Waals surface area contributed by atoms with Gasteiger partial charge in [-0.3, -0.25) is 9.59 Å². The molecule has 0 bridgehead atoms. The number of ether oxygens (including phenoxy) is 1. The predicted octanol–water partition coefficient (Wildman–Crippen LogP) is 6.64. The van der Waals surface area contributed by atoms with Crippen molar-refractivity contribution in [2.45, 2.75) is 19.8 Å². The number of hydrogen-bond acceptors (Lipinski definition) is 6. The van der Waals surface area contributed by atoms with E-state index in [0.717, 1.165) is 16.1 Å². The molecule has 0 saturated carbocycles. The Balaban J connectivity index is 1.51. The quantitative estimate of drug-likeness (QED) is 0.210. The minimum absolute atomic E-state index is 0.00840. The van der Waals surface area contributed by atoms with Crippen molar-refractivity contribution in [1.29, 1.82) is 0 Å². The molecule has 5 rings (SSSR count). The van der Waals surface area contributed by atoms with E-state index >= 15 is 0 Å². The van der Waals surface area contributed by atoms with Gasteiger partial charge in [-0.1, -0.05) is 45.8 Å². The van der Waals surface area contributed by atoms with Gasteiger partial charge in [0.2, 0.25) is 0 Å². The van der Waals surface area contributed by atoms with Gasteiger partial charge in [0, 0.05) is 16.1 Å². The van der Waals surface area contributed by atoms with E-state index in [-0.39, 0.29) is 38.8 Å². The molecule has 3 heterocycles. The van der Waals surface area contributed by atoms with E-state index in [1.807, 2.05) is 19.1 Å². The highest BCUT2D eigenvalue weighted by molar-refractivity contribution is 9.10. The van der Waals surface area contributed by atoms with Crippen molar-refractivity contribution in [1.82, 2.24) is 14.8 Å². The summed E-state index contributed by atoms with van der Waals surface area (Å²) in [5, 5.41) is 7.01. The number of hydrogen-bond donors (Lipinski definition) is 2. The number of pyridine rings is 1. The fourth-order valence-electron chi connectivity index (χ4n) is 3.90. The molecule has 0 radical (unpaired) electrons. The molecule has 40 heavy (non-hydrogen) atoms. The van der Waals surface area contributed by atoms with Crippen LogP contribution in [0.25, 0.3) is 21.3 Å². The van der Waals surface area contributed by atoms with E-state index < -0.39 is 23.7 Å². The van der Waals surface area contributed by atoms with Gasteiger partial charge in [0.1, 0.15) is 21.2 Å². The summed E-state index contributed by atoms with van der Waals surface area (Å²) in [4.78, 5) is 29.0. The maximum atomic E-state index is 13.7. The number of thiophene rings is 1. The van der Waals surface area contributed by atoms with Crippen LogP contribution >= 0.6 is 27.3 Å². The maximum absolute atomic E-state index is 13.7. The Kier molecular flexibility index (Phi) is 7.34. The lowest BCUT2D eigenvalue weighted by atomic mass is 10.00. The van der Waals surface area contributed by atoms with Crippen LogP contribution in [0.2, 0.25) is 0 Å². The zero-order valence-corrected chi connectivity index (χ0v) is 23.0. The summed E-state index contributed by atoms with van der Waals surface area (Å²) in [6.45, 7) is 1.86. The first-order chi connectivity index (χ1) is 19.0. The molecule has 0 saturated heterocycles. The second-order valence-corrected chi connectivity index (χ2v) is 10.6. The topological polar surface area (TPSA) is 112 Å². The van der Waals surface area contributed by atoms with E-state index in [4.69, 9.17) is 10.5 Å². The van der Waals surface area contributed by atoms with Crippen molar-refractivity contribution < 1.29 is 27.5 Å². The minimum Gasteiger partial charge on any atom is -0.471 e. The Bertz CT molecular complexity index is 1730. The number of benzene rings is 2. The molecule has 0 aliphatic carbocycles. The lowest BCUT2D eigenvalue weighted by Crippen LogP contribution is -2.18. The standard InChI is InChI=1S/C27H19BrF3N5O3S/c1-14-2-4-15(5-3-14)18-12-20(27(29,30)31)33-26-21(18)22(23(40-26)24(32)37)34-25(38)19-10-11-36(35-19)13-39-17-8-6-16(28)7-9-17/h2-12H,13H2,1H3,(H2,32,37)(H,34,38). The van der Waals surface area contributed by atoms with Gasteiger partial charge in [-0.15, -0.1) is 11.3 Å². The third-order valence-corrected chi connectivity index (χ3v) is 7.45. The lowest BCUT2D eigenvalue weighted by Gasteiger charge is -2.12. The fraction of sp³-hybridized carbons (Fsp3) is 0.111. The highest BCUT2D eigenvalue weighted by atomic mass is 79.9. The average molecular weight is 630 g/mol. The Morgan fingerprint density at radius 2 is 1.80 bits per heavy atom. The van der Waals surface area contributed by atoms with Crippen LogP contribution in [0.4, 0.5) is 18.9 Å². The second kappa shape index (κ2) is 10.7. The molecule has 2 amide bonds. The number of nitrogens with two attached hydrogens (primary N) is 1. The normalized spacial score (nSPS) is 11.5. The Morgan fingerprint density at radius 1 is 1.10 bits per heavy atom. The minimum atomic E-state index is -4.74. The van der Waals surface area contributed by atoms with Crippen molar-refractivity contribution in [3.05, 3.63) is 93.2 Å². The second-order valence-electron chi connectivity index (χ2n) is 8.69. The molecule has 8 nitrogen and oxygen atoms in total. The van der Waals surface area contributed by atoms with Crippen molar-refractivity contribution in [3.8, 4) is 16.9 Å². The fourth-order valence-corrected chi connectivity index (χ4v) is 5.17. The maximum Gasteiger partial charge on any atom is 0.433 e. The zero-order valence-electron chi connectivity index (χ0n) is 20.6. The SMILES string of the molecule is Cc1ccc(-c2cc(C(F)(F)F)nc3sc(C(N)=O)c(NC(=O)c4ccn(COc5ccc(Br)cc5)n4)c23)cc1. The number of fused-ring (bicyclic) bond motifs is 1. The molecule has 13 heteroatoms. The molecule has 5 aromatic rings. The van der Waals surface area contributed by atoms with Gasteiger partial charge in [0.05, 0.1) is 5.69 Å². The highest BCUT2D eigenvalue weighted by Gasteiger charge is 2.35. The van der Waals surface area contributed by atoms with E-state index in [9.17, 15) is 22.8 Å². The number of amides is 2. The number of halogens is 4. The number of anilines is 1. The molecule has 0 atom stereocenters. The van der Waals surface area contributed by atoms with Crippen LogP contribution in [-0.2, 0) is 12.9 Å². The van der Waals surface area contributed by atoms with Gasteiger partial charge < -0.3 is 15.8 Å². The van der Waals surface area contributed by atoms with Gasteiger partial charge in [-0.05, 0) is 54.4 Å². The van der Waals surface area contributed by atoms with Crippen LogP contribution in [0.3, 0.4) is 0 Å². The van der Waals surface area contributed by atoms with Crippen molar-refractivity contribution in [3.63, 3.8) is 0 Å². The summed E-state index contributed by atoms with van der Waals surface area (Å²) in [6, 6.07) is 16.3. The molecule has 0 spiro atoms. The van der Waals surface area contributed by atoms with E-state index in [1.54, 1.807) is 36.4 Å². The summed E-state index contributed by atoms with van der Waals surface area (Å²) in [6.07, 6.45) is -3.21. The molecule has 3 aromatic heterocycles. The lowest BCUT2D eigenvalue weighted by molar-refractivity contribution is -0.140. The average Bonchev–Trinajstić information content (AvgIpc) is 3.53. The van der Waals surface area contributed by atoms with Crippen LogP contribution in [0.15, 0.2) is 71.3 Å². The first-order valence-electron chi connectivity index (χ1n) is 11.6. The van der Waals surface area contributed by atoms with Crippen molar-refractivity contribution >= 4 is 55.0 Å². The highest BCUT2D eigenvalue weighted by Crippen LogP contribution is 2.43. The zero-order chi connectivity index (χ0) is 28.6. The molecule has 3 N–H and O–H groups in total. The number of carbonyl (C=O) groups excluding carboxylic acids is 2. The van der Waals surface area contributed by atoms with E-state index in [1.165, 1.54) is 16.9 Å². The Morgan fingerprint density at radius 3 is 2.45 bits per heavy atom. The first kappa shape index (κ1) is 27.3. The first-order valence-corrected chi connectivity index (χ1v) is 13.3.